The molecule has 26 heavy (non-hydrogen) atoms. The predicted octanol–water partition coefficient (Wildman–Crippen LogP) is 5.38. The lowest BCUT2D eigenvalue weighted by Crippen LogP contribution is -2.27. The van der Waals surface area contributed by atoms with Crippen LogP contribution in [0.5, 0.6) is 0 Å². The van der Waals surface area contributed by atoms with Crippen LogP contribution in [-0.2, 0) is 11.3 Å². The SMILES string of the molecule is Cc1cccc(CN2C(=O)S/C(=C\c3cccc4ccccc34)C2=O)c1. The van der Waals surface area contributed by atoms with Crippen molar-refractivity contribution in [1.82, 2.24) is 4.90 Å². The monoisotopic (exact) mass is 359 g/mol. The minimum absolute atomic E-state index is 0.219. The number of fused-ring (bicyclic) bond motifs is 1. The lowest BCUT2D eigenvalue weighted by atomic mass is 10.0. The van der Waals surface area contributed by atoms with Crippen LogP contribution in [-0.4, -0.2) is 16.0 Å². The first kappa shape index (κ1) is 16.6. The molecule has 3 aromatic rings. The quantitative estimate of drug-likeness (QED) is 0.589. The van der Waals surface area contributed by atoms with E-state index in [0.29, 0.717) is 11.4 Å². The molecule has 3 nitrogen and oxygen atoms in total. The van der Waals surface area contributed by atoms with Crippen molar-refractivity contribution >= 4 is 39.8 Å². The Morgan fingerprint density at radius 2 is 1.73 bits per heavy atom. The van der Waals surface area contributed by atoms with Crippen LogP contribution in [0.1, 0.15) is 16.7 Å². The molecular weight excluding hydrogens is 342 g/mol. The summed E-state index contributed by atoms with van der Waals surface area (Å²) in [6.07, 6.45) is 1.82. The lowest BCUT2D eigenvalue weighted by Gasteiger charge is -2.12. The van der Waals surface area contributed by atoms with Gasteiger partial charge in [0.05, 0.1) is 11.4 Å². The summed E-state index contributed by atoms with van der Waals surface area (Å²) < 4.78 is 0. The Labute approximate surface area is 156 Å². The zero-order valence-electron chi connectivity index (χ0n) is 14.3. The highest BCUT2D eigenvalue weighted by atomic mass is 32.2. The van der Waals surface area contributed by atoms with Gasteiger partial charge in [-0.3, -0.25) is 14.5 Å². The highest BCUT2D eigenvalue weighted by Crippen LogP contribution is 2.34. The molecule has 0 aromatic heterocycles. The lowest BCUT2D eigenvalue weighted by molar-refractivity contribution is -0.123. The summed E-state index contributed by atoms with van der Waals surface area (Å²) in [4.78, 5) is 26.9. The van der Waals surface area contributed by atoms with E-state index < -0.39 is 0 Å². The molecule has 2 amide bonds. The van der Waals surface area contributed by atoms with E-state index in [1.807, 2.05) is 79.7 Å². The highest BCUT2D eigenvalue weighted by molar-refractivity contribution is 8.18. The van der Waals surface area contributed by atoms with Gasteiger partial charge in [-0.15, -0.1) is 0 Å². The standard InChI is InChI=1S/C22H17NO2S/c1-15-6-4-7-16(12-15)14-23-21(24)20(26-22(23)25)13-18-10-5-9-17-8-2-3-11-19(17)18/h2-13H,14H2,1H3/b20-13-. The number of nitrogens with zero attached hydrogens (tertiary/aromatic N) is 1. The van der Waals surface area contributed by atoms with E-state index in [1.165, 1.54) is 4.90 Å². The van der Waals surface area contributed by atoms with Gasteiger partial charge in [0.1, 0.15) is 0 Å². The molecule has 1 aliphatic heterocycles. The fourth-order valence-electron chi connectivity index (χ4n) is 3.15. The molecule has 4 rings (SSSR count). The Bertz CT molecular complexity index is 1050. The van der Waals surface area contributed by atoms with Crippen LogP contribution in [0.4, 0.5) is 4.79 Å². The van der Waals surface area contributed by atoms with Gasteiger partial charge in [-0.25, -0.2) is 0 Å². The number of carbonyl (C=O) groups is 2. The van der Waals surface area contributed by atoms with Crippen LogP contribution < -0.4 is 0 Å². The largest absolute Gasteiger partial charge is 0.293 e. The maximum absolute atomic E-state index is 12.8. The number of rotatable bonds is 3. The van der Waals surface area contributed by atoms with Crippen molar-refractivity contribution in [2.24, 2.45) is 0 Å². The van der Waals surface area contributed by atoms with Crippen molar-refractivity contribution in [2.75, 3.05) is 0 Å². The van der Waals surface area contributed by atoms with Crippen LogP contribution in [0.25, 0.3) is 16.8 Å². The van der Waals surface area contributed by atoms with E-state index >= 15 is 0 Å². The first-order valence-electron chi connectivity index (χ1n) is 8.40. The Balaban J connectivity index is 1.65. The number of carbonyl (C=O) groups excluding carboxylic acids is 2. The van der Waals surface area contributed by atoms with Crippen molar-refractivity contribution in [3.63, 3.8) is 0 Å². The molecule has 1 saturated heterocycles. The fourth-order valence-corrected chi connectivity index (χ4v) is 3.98. The van der Waals surface area contributed by atoms with Gasteiger partial charge in [0.15, 0.2) is 0 Å². The van der Waals surface area contributed by atoms with E-state index in [-0.39, 0.29) is 11.1 Å². The summed E-state index contributed by atoms with van der Waals surface area (Å²) in [6, 6.07) is 21.9. The summed E-state index contributed by atoms with van der Waals surface area (Å²) in [5.41, 5.74) is 3.02. The van der Waals surface area contributed by atoms with Gasteiger partial charge in [-0.2, -0.15) is 0 Å². The Hall–Kier alpha value is -2.85. The van der Waals surface area contributed by atoms with E-state index in [0.717, 1.165) is 39.2 Å². The topological polar surface area (TPSA) is 37.4 Å². The third kappa shape index (κ3) is 3.16. The molecule has 3 aromatic carbocycles. The Kier molecular flexibility index (Phi) is 4.35. The Morgan fingerprint density at radius 3 is 2.58 bits per heavy atom. The van der Waals surface area contributed by atoms with Crippen LogP contribution in [0.2, 0.25) is 0 Å². The average Bonchev–Trinajstić information content (AvgIpc) is 2.90. The number of aryl methyl sites for hydroxylation is 1. The van der Waals surface area contributed by atoms with Gasteiger partial charge in [0.2, 0.25) is 0 Å². The molecule has 0 atom stereocenters. The second-order valence-corrected chi connectivity index (χ2v) is 7.32. The fraction of sp³-hybridized carbons (Fsp3) is 0.0909. The molecule has 1 heterocycles. The number of hydrogen-bond donors (Lipinski definition) is 0. The van der Waals surface area contributed by atoms with Gasteiger partial charge >= 0.3 is 0 Å². The molecule has 0 N–H and O–H groups in total. The third-order valence-electron chi connectivity index (χ3n) is 4.41. The first-order valence-corrected chi connectivity index (χ1v) is 9.22. The van der Waals surface area contributed by atoms with Crippen molar-refractivity contribution in [1.29, 1.82) is 0 Å². The minimum atomic E-state index is -0.227. The second kappa shape index (κ2) is 6.81. The first-order chi connectivity index (χ1) is 12.6. The normalized spacial score (nSPS) is 16.0. The minimum Gasteiger partial charge on any atom is -0.268 e. The summed E-state index contributed by atoms with van der Waals surface area (Å²) in [7, 11) is 0. The van der Waals surface area contributed by atoms with E-state index in [4.69, 9.17) is 0 Å². The number of imide groups is 1. The number of thioether (sulfide) groups is 1. The van der Waals surface area contributed by atoms with Crippen molar-refractivity contribution in [3.05, 3.63) is 88.3 Å². The van der Waals surface area contributed by atoms with Crippen LogP contribution in [0, 0.1) is 6.92 Å². The van der Waals surface area contributed by atoms with Gasteiger partial charge in [-0.1, -0.05) is 72.3 Å². The summed E-state index contributed by atoms with van der Waals surface area (Å²) in [5.74, 6) is -0.227. The molecule has 1 aliphatic rings. The van der Waals surface area contributed by atoms with E-state index in [9.17, 15) is 9.59 Å². The van der Waals surface area contributed by atoms with Crippen LogP contribution in [0.3, 0.4) is 0 Å². The predicted molar refractivity (Wildman–Crippen MR) is 107 cm³/mol. The second-order valence-electron chi connectivity index (χ2n) is 6.33. The molecule has 0 spiro atoms. The van der Waals surface area contributed by atoms with Crippen molar-refractivity contribution in [2.45, 2.75) is 13.5 Å². The molecule has 0 saturated carbocycles. The number of amides is 2. The molecule has 4 heteroatoms. The van der Waals surface area contributed by atoms with Gasteiger partial charge < -0.3 is 0 Å². The smallest absolute Gasteiger partial charge is 0.268 e. The van der Waals surface area contributed by atoms with Crippen LogP contribution in [0.15, 0.2) is 71.6 Å². The van der Waals surface area contributed by atoms with E-state index in [2.05, 4.69) is 0 Å². The molecule has 0 bridgehead atoms. The van der Waals surface area contributed by atoms with Crippen LogP contribution >= 0.6 is 11.8 Å². The zero-order chi connectivity index (χ0) is 18.1. The molecule has 0 unspecified atom stereocenters. The third-order valence-corrected chi connectivity index (χ3v) is 5.31. The van der Waals surface area contributed by atoms with Crippen molar-refractivity contribution < 1.29 is 9.59 Å². The number of benzene rings is 3. The van der Waals surface area contributed by atoms with Gasteiger partial charge in [0.25, 0.3) is 11.1 Å². The van der Waals surface area contributed by atoms with Gasteiger partial charge in [-0.05, 0) is 46.7 Å². The molecular formula is C22H17NO2S. The molecule has 0 aliphatic carbocycles. The van der Waals surface area contributed by atoms with Crippen molar-refractivity contribution in [3.8, 4) is 0 Å². The molecule has 0 radical (unpaired) electrons. The summed E-state index contributed by atoms with van der Waals surface area (Å²) in [6.45, 7) is 2.30. The van der Waals surface area contributed by atoms with Gasteiger partial charge in [0, 0.05) is 0 Å². The summed E-state index contributed by atoms with van der Waals surface area (Å²) in [5, 5.41) is 1.96. The average molecular weight is 359 g/mol. The van der Waals surface area contributed by atoms with E-state index in [1.54, 1.807) is 0 Å². The maximum Gasteiger partial charge on any atom is 0.293 e. The highest BCUT2D eigenvalue weighted by Gasteiger charge is 2.35. The molecule has 1 fully saturated rings. The maximum atomic E-state index is 12.8. The summed E-state index contributed by atoms with van der Waals surface area (Å²) >= 11 is 1.01. The number of hydrogen-bond acceptors (Lipinski definition) is 3. The Morgan fingerprint density at radius 1 is 0.962 bits per heavy atom. The zero-order valence-corrected chi connectivity index (χ0v) is 15.1. The molecule has 128 valence electrons.